The summed E-state index contributed by atoms with van der Waals surface area (Å²) in [6, 6.07) is 14.0. The Balaban J connectivity index is 1.31. The van der Waals surface area contributed by atoms with Crippen LogP contribution in [0.3, 0.4) is 0 Å². The molecule has 2 N–H and O–H groups in total. The van der Waals surface area contributed by atoms with Crippen molar-refractivity contribution in [3.8, 4) is 5.75 Å². The summed E-state index contributed by atoms with van der Waals surface area (Å²) in [5, 5.41) is 13.3. The van der Waals surface area contributed by atoms with Crippen molar-refractivity contribution in [2.45, 2.75) is 33.3 Å². The number of rotatable bonds is 10. The normalized spacial score (nSPS) is 16.0. The summed E-state index contributed by atoms with van der Waals surface area (Å²) in [6.45, 7) is 11.7. The molecule has 0 bridgehead atoms. The summed E-state index contributed by atoms with van der Waals surface area (Å²) in [7, 11) is 0. The average Bonchev–Trinajstić information content (AvgIpc) is 2.76. The van der Waals surface area contributed by atoms with E-state index in [-0.39, 0.29) is 12.5 Å². The van der Waals surface area contributed by atoms with Crippen molar-refractivity contribution in [2.75, 3.05) is 52.4 Å². The van der Waals surface area contributed by atoms with E-state index in [4.69, 9.17) is 4.74 Å². The summed E-state index contributed by atoms with van der Waals surface area (Å²) in [5.74, 6) is 0.854. The van der Waals surface area contributed by atoms with Gasteiger partial charge in [-0.05, 0) is 56.0 Å². The molecule has 1 atom stereocenters. The molecule has 0 saturated carbocycles. The highest BCUT2D eigenvalue weighted by atomic mass is 16.5. The number of ether oxygens (including phenoxy) is 1. The Labute approximate surface area is 192 Å². The van der Waals surface area contributed by atoms with E-state index in [1.165, 1.54) is 22.3 Å². The topological polar surface area (TPSA) is 65.0 Å². The molecule has 6 heteroatoms. The minimum atomic E-state index is -0.529. The molecule has 1 saturated heterocycles. The largest absolute Gasteiger partial charge is 0.491 e. The molecule has 32 heavy (non-hydrogen) atoms. The third-order valence-corrected chi connectivity index (χ3v) is 6.02. The average molecular weight is 440 g/mol. The number of nitrogens with one attached hydrogen (secondary N) is 1. The lowest BCUT2D eigenvalue weighted by molar-refractivity contribution is -0.122. The fraction of sp³-hybridized carbons (Fsp3) is 0.500. The molecule has 1 heterocycles. The first kappa shape index (κ1) is 24.2. The SMILES string of the molecule is Cc1cc(C)c(CCNC(=O)CN2CCN(CC(O)COc3ccccc3)CC2)c(C)c1. The van der Waals surface area contributed by atoms with Gasteiger partial charge in [0.1, 0.15) is 18.5 Å². The second-order valence-corrected chi connectivity index (χ2v) is 8.83. The standard InChI is InChI=1S/C26H37N3O3/c1-20-15-21(2)25(22(3)16-20)9-10-27-26(31)18-29-13-11-28(12-14-29)17-23(30)19-32-24-7-5-4-6-8-24/h4-8,15-16,23,30H,9-14,17-19H2,1-3H3,(H,27,31). The predicted molar refractivity (Wildman–Crippen MR) is 128 cm³/mol. The maximum Gasteiger partial charge on any atom is 0.234 e. The lowest BCUT2D eigenvalue weighted by Crippen LogP contribution is -2.51. The van der Waals surface area contributed by atoms with Crippen LogP contribution >= 0.6 is 0 Å². The monoisotopic (exact) mass is 439 g/mol. The van der Waals surface area contributed by atoms with E-state index in [9.17, 15) is 9.90 Å². The number of aliphatic hydroxyl groups is 1. The molecule has 0 aliphatic carbocycles. The molecule has 6 nitrogen and oxygen atoms in total. The van der Waals surface area contributed by atoms with Gasteiger partial charge in [-0.25, -0.2) is 0 Å². The molecular formula is C26H37N3O3. The number of β-amino-alcohol motifs (C(OH)–C–C–N with tert-alkyl or cyclic N) is 1. The maximum atomic E-state index is 12.4. The number of carbonyl (C=O) groups is 1. The van der Waals surface area contributed by atoms with Crippen LogP contribution in [0.4, 0.5) is 0 Å². The van der Waals surface area contributed by atoms with Crippen molar-refractivity contribution in [2.24, 2.45) is 0 Å². The number of hydrogen-bond acceptors (Lipinski definition) is 5. The third-order valence-electron chi connectivity index (χ3n) is 6.02. The highest BCUT2D eigenvalue weighted by molar-refractivity contribution is 5.78. The van der Waals surface area contributed by atoms with Gasteiger partial charge in [0.2, 0.25) is 5.91 Å². The lowest BCUT2D eigenvalue weighted by atomic mass is 9.97. The Morgan fingerprint density at radius 3 is 2.31 bits per heavy atom. The summed E-state index contributed by atoms with van der Waals surface area (Å²) in [4.78, 5) is 16.8. The van der Waals surface area contributed by atoms with Gasteiger partial charge in [0, 0.05) is 39.3 Å². The van der Waals surface area contributed by atoms with Crippen LogP contribution in [0.1, 0.15) is 22.3 Å². The molecule has 0 radical (unpaired) electrons. The van der Waals surface area contributed by atoms with Crippen LogP contribution in [0, 0.1) is 20.8 Å². The number of aliphatic hydroxyl groups excluding tert-OH is 1. The summed E-state index contributed by atoms with van der Waals surface area (Å²) < 4.78 is 5.63. The zero-order chi connectivity index (χ0) is 22.9. The number of carbonyl (C=O) groups excluding carboxylic acids is 1. The van der Waals surface area contributed by atoms with Crippen LogP contribution in [0.5, 0.6) is 5.75 Å². The van der Waals surface area contributed by atoms with Crippen molar-refractivity contribution in [3.05, 3.63) is 64.7 Å². The molecule has 0 spiro atoms. The van der Waals surface area contributed by atoms with E-state index >= 15 is 0 Å². The Kier molecular flexibility index (Phi) is 9.09. The molecule has 0 aromatic heterocycles. The second kappa shape index (κ2) is 12.0. The number of hydrogen-bond donors (Lipinski definition) is 2. The van der Waals surface area contributed by atoms with Gasteiger partial charge in [0.05, 0.1) is 6.54 Å². The third kappa shape index (κ3) is 7.62. The van der Waals surface area contributed by atoms with Crippen molar-refractivity contribution in [1.82, 2.24) is 15.1 Å². The highest BCUT2D eigenvalue weighted by Gasteiger charge is 2.21. The van der Waals surface area contributed by atoms with E-state index in [2.05, 4.69) is 48.0 Å². The summed E-state index contributed by atoms with van der Waals surface area (Å²) >= 11 is 0. The maximum absolute atomic E-state index is 12.4. The van der Waals surface area contributed by atoms with Crippen LogP contribution in [-0.4, -0.2) is 79.3 Å². The van der Waals surface area contributed by atoms with Crippen LogP contribution in [0.2, 0.25) is 0 Å². The minimum absolute atomic E-state index is 0.0807. The Hall–Kier alpha value is -2.41. The van der Waals surface area contributed by atoms with Crippen LogP contribution in [0.15, 0.2) is 42.5 Å². The van der Waals surface area contributed by atoms with Crippen LogP contribution in [-0.2, 0) is 11.2 Å². The zero-order valence-corrected chi connectivity index (χ0v) is 19.6. The first-order valence-electron chi connectivity index (χ1n) is 11.5. The van der Waals surface area contributed by atoms with Crippen molar-refractivity contribution >= 4 is 5.91 Å². The molecule has 3 rings (SSSR count). The van der Waals surface area contributed by atoms with E-state index in [1.54, 1.807) is 0 Å². The number of para-hydroxylation sites is 1. The summed E-state index contributed by atoms with van der Waals surface area (Å²) in [5.41, 5.74) is 5.20. The van der Waals surface area contributed by atoms with E-state index in [1.807, 2.05) is 30.3 Å². The fourth-order valence-corrected chi connectivity index (χ4v) is 4.38. The Morgan fingerprint density at radius 2 is 1.66 bits per heavy atom. The van der Waals surface area contributed by atoms with Crippen molar-refractivity contribution in [1.29, 1.82) is 0 Å². The first-order valence-corrected chi connectivity index (χ1v) is 11.5. The van der Waals surface area contributed by atoms with E-state index in [0.29, 0.717) is 19.6 Å². The number of nitrogens with zero attached hydrogens (tertiary/aromatic N) is 2. The minimum Gasteiger partial charge on any atom is -0.491 e. The molecule has 2 aromatic rings. The van der Waals surface area contributed by atoms with Crippen LogP contribution in [0.25, 0.3) is 0 Å². The van der Waals surface area contributed by atoms with Gasteiger partial charge in [-0.15, -0.1) is 0 Å². The molecule has 1 unspecified atom stereocenters. The highest BCUT2D eigenvalue weighted by Crippen LogP contribution is 2.16. The number of benzene rings is 2. The Bertz CT molecular complexity index is 841. The quantitative estimate of drug-likeness (QED) is 0.595. The first-order chi connectivity index (χ1) is 15.4. The predicted octanol–water partition coefficient (Wildman–Crippen LogP) is 2.33. The Morgan fingerprint density at radius 1 is 1.03 bits per heavy atom. The lowest BCUT2D eigenvalue weighted by Gasteiger charge is -2.35. The van der Waals surface area contributed by atoms with E-state index < -0.39 is 6.10 Å². The van der Waals surface area contributed by atoms with Gasteiger partial charge in [0.15, 0.2) is 0 Å². The van der Waals surface area contributed by atoms with Crippen LogP contribution < -0.4 is 10.1 Å². The zero-order valence-electron chi connectivity index (χ0n) is 19.6. The van der Waals surface area contributed by atoms with Crippen molar-refractivity contribution < 1.29 is 14.6 Å². The molecule has 1 aliphatic rings. The van der Waals surface area contributed by atoms with Gasteiger partial charge >= 0.3 is 0 Å². The van der Waals surface area contributed by atoms with Gasteiger partial charge in [-0.1, -0.05) is 35.9 Å². The smallest absolute Gasteiger partial charge is 0.234 e. The molecule has 1 aliphatic heterocycles. The number of amides is 1. The molecule has 174 valence electrons. The van der Waals surface area contributed by atoms with Gasteiger partial charge < -0.3 is 15.2 Å². The van der Waals surface area contributed by atoms with Gasteiger partial charge in [-0.2, -0.15) is 0 Å². The number of piperazine rings is 1. The second-order valence-electron chi connectivity index (χ2n) is 8.83. The molecular weight excluding hydrogens is 402 g/mol. The van der Waals surface area contributed by atoms with Crippen molar-refractivity contribution in [3.63, 3.8) is 0 Å². The molecule has 1 fully saturated rings. The van der Waals surface area contributed by atoms with Gasteiger partial charge in [0.25, 0.3) is 0 Å². The number of aryl methyl sites for hydroxylation is 3. The van der Waals surface area contributed by atoms with E-state index in [0.717, 1.165) is 38.3 Å². The fourth-order valence-electron chi connectivity index (χ4n) is 4.38. The molecule has 2 aromatic carbocycles. The molecule has 1 amide bonds. The van der Waals surface area contributed by atoms with Gasteiger partial charge in [-0.3, -0.25) is 14.6 Å². The summed E-state index contributed by atoms with van der Waals surface area (Å²) in [6.07, 6.45) is 0.333.